The van der Waals surface area contributed by atoms with Crippen molar-refractivity contribution in [3.63, 3.8) is 0 Å². The maximum Gasteiger partial charge on any atom is 0.242 e. The van der Waals surface area contributed by atoms with Gasteiger partial charge in [-0.15, -0.1) is 0 Å². The highest BCUT2D eigenvalue weighted by molar-refractivity contribution is 5.89. The van der Waals surface area contributed by atoms with Crippen LogP contribution in [0.15, 0.2) is 0 Å². The van der Waals surface area contributed by atoms with Crippen LogP contribution < -0.4 is 5.73 Å². The van der Waals surface area contributed by atoms with Crippen molar-refractivity contribution >= 4 is 11.8 Å². The van der Waals surface area contributed by atoms with Gasteiger partial charge >= 0.3 is 0 Å². The first kappa shape index (κ1) is 16.7. The third-order valence-electron chi connectivity index (χ3n) is 5.75. The molecular formula is C17H30N4O2. The Bertz CT molecular complexity index is 450. The molecule has 2 N–H and O–H groups in total. The maximum atomic E-state index is 12.5. The van der Waals surface area contributed by atoms with Gasteiger partial charge in [0.25, 0.3) is 0 Å². The summed E-state index contributed by atoms with van der Waals surface area (Å²) in [6.07, 6.45) is 7.70. The summed E-state index contributed by atoms with van der Waals surface area (Å²) in [7, 11) is 1.95. The Morgan fingerprint density at radius 2 is 1.70 bits per heavy atom. The van der Waals surface area contributed by atoms with Gasteiger partial charge in [-0.05, 0) is 25.7 Å². The standard InChI is InChI=1S/C17H30N4O2/c1-19(14-5-3-2-4-6-14)15(22)13-20-9-11-21(12-10-20)16(23)17(18)7-8-17/h14H,2-13,18H2,1H3. The van der Waals surface area contributed by atoms with E-state index < -0.39 is 5.54 Å². The zero-order valence-electron chi connectivity index (χ0n) is 14.3. The van der Waals surface area contributed by atoms with Crippen LogP contribution in [0.2, 0.25) is 0 Å². The monoisotopic (exact) mass is 322 g/mol. The van der Waals surface area contributed by atoms with E-state index in [0.717, 1.165) is 38.8 Å². The largest absolute Gasteiger partial charge is 0.342 e. The summed E-state index contributed by atoms with van der Waals surface area (Å²) in [5.41, 5.74) is 5.42. The van der Waals surface area contributed by atoms with Crippen molar-refractivity contribution in [2.45, 2.75) is 56.5 Å². The molecule has 3 fully saturated rings. The van der Waals surface area contributed by atoms with Crippen molar-refractivity contribution in [1.82, 2.24) is 14.7 Å². The lowest BCUT2D eigenvalue weighted by atomic mass is 9.94. The Morgan fingerprint density at radius 3 is 2.26 bits per heavy atom. The second kappa shape index (κ2) is 6.77. The van der Waals surface area contributed by atoms with Crippen LogP contribution in [0.3, 0.4) is 0 Å². The van der Waals surface area contributed by atoms with E-state index in [1.165, 1.54) is 19.3 Å². The lowest BCUT2D eigenvalue weighted by Crippen LogP contribution is -2.55. The molecule has 0 unspecified atom stereocenters. The van der Waals surface area contributed by atoms with Gasteiger partial charge in [-0.3, -0.25) is 14.5 Å². The van der Waals surface area contributed by atoms with Gasteiger partial charge in [-0.25, -0.2) is 0 Å². The number of nitrogens with two attached hydrogens (primary N) is 1. The van der Waals surface area contributed by atoms with Crippen LogP contribution in [0.5, 0.6) is 0 Å². The van der Waals surface area contributed by atoms with E-state index in [-0.39, 0.29) is 11.8 Å². The van der Waals surface area contributed by atoms with Crippen LogP contribution in [0, 0.1) is 0 Å². The van der Waals surface area contributed by atoms with E-state index in [0.29, 0.717) is 25.7 Å². The maximum absolute atomic E-state index is 12.5. The molecule has 1 saturated heterocycles. The first-order valence-corrected chi connectivity index (χ1v) is 9.06. The van der Waals surface area contributed by atoms with Gasteiger partial charge in [-0.1, -0.05) is 19.3 Å². The smallest absolute Gasteiger partial charge is 0.242 e. The molecule has 0 aromatic rings. The molecule has 0 aromatic carbocycles. The summed E-state index contributed by atoms with van der Waals surface area (Å²) in [4.78, 5) is 30.7. The molecule has 1 heterocycles. The highest BCUT2D eigenvalue weighted by atomic mass is 16.2. The molecule has 3 rings (SSSR count). The number of hydrogen-bond acceptors (Lipinski definition) is 4. The fourth-order valence-electron chi connectivity index (χ4n) is 3.75. The molecule has 2 aliphatic carbocycles. The second-order valence-corrected chi connectivity index (χ2v) is 7.52. The summed E-state index contributed by atoms with van der Waals surface area (Å²) in [5.74, 6) is 0.317. The van der Waals surface area contributed by atoms with E-state index >= 15 is 0 Å². The minimum atomic E-state index is -0.570. The Hall–Kier alpha value is -1.14. The SMILES string of the molecule is CN(C(=O)CN1CCN(C(=O)C2(N)CC2)CC1)C1CCCCC1. The lowest BCUT2D eigenvalue weighted by Gasteiger charge is -2.37. The highest BCUT2D eigenvalue weighted by Gasteiger charge is 2.48. The topological polar surface area (TPSA) is 69.9 Å². The van der Waals surface area contributed by atoms with Crippen LogP contribution in [-0.4, -0.2) is 77.9 Å². The van der Waals surface area contributed by atoms with Crippen LogP contribution in [0.4, 0.5) is 0 Å². The lowest BCUT2D eigenvalue weighted by molar-refractivity contribution is -0.137. The van der Waals surface area contributed by atoms with E-state index in [4.69, 9.17) is 5.73 Å². The molecule has 2 saturated carbocycles. The number of carbonyl (C=O) groups is 2. The Morgan fingerprint density at radius 1 is 1.09 bits per heavy atom. The Labute approximate surface area is 139 Å². The fourth-order valence-corrected chi connectivity index (χ4v) is 3.75. The van der Waals surface area contributed by atoms with Gasteiger partial charge in [0.1, 0.15) is 0 Å². The van der Waals surface area contributed by atoms with E-state index in [9.17, 15) is 9.59 Å². The zero-order valence-corrected chi connectivity index (χ0v) is 14.3. The van der Waals surface area contributed by atoms with Crippen molar-refractivity contribution in [2.24, 2.45) is 5.73 Å². The van der Waals surface area contributed by atoms with Crippen LogP contribution >= 0.6 is 0 Å². The minimum absolute atomic E-state index is 0.0998. The molecule has 3 aliphatic rings. The molecule has 0 atom stereocenters. The minimum Gasteiger partial charge on any atom is -0.342 e. The number of rotatable bonds is 4. The number of piperazine rings is 1. The van der Waals surface area contributed by atoms with E-state index in [2.05, 4.69) is 4.90 Å². The van der Waals surface area contributed by atoms with Gasteiger partial charge in [-0.2, -0.15) is 0 Å². The molecule has 0 radical (unpaired) electrons. The van der Waals surface area contributed by atoms with Crippen molar-refractivity contribution < 1.29 is 9.59 Å². The number of amides is 2. The molecular weight excluding hydrogens is 292 g/mol. The van der Waals surface area contributed by atoms with Crippen LogP contribution in [-0.2, 0) is 9.59 Å². The van der Waals surface area contributed by atoms with Crippen LogP contribution in [0.1, 0.15) is 44.9 Å². The van der Waals surface area contributed by atoms with Gasteiger partial charge in [0, 0.05) is 39.3 Å². The van der Waals surface area contributed by atoms with Gasteiger partial charge in [0.15, 0.2) is 0 Å². The number of carbonyl (C=O) groups excluding carboxylic acids is 2. The van der Waals surface area contributed by atoms with Crippen molar-refractivity contribution in [2.75, 3.05) is 39.8 Å². The number of nitrogens with zero attached hydrogens (tertiary/aromatic N) is 3. The van der Waals surface area contributed by atoms with Gasteiger partial charge in [0.2, 0.25) is 11.8 Å². The quantitative estimate of drug-likeness (QED) is 0.814. The first-order valence-electron chi connectivity index (χ1n) is 9.06. The average molecular weight is 322 g/mol. The number of likely N-dealkylation sites (N-methyl/N-ethyl adjacent to an activating group) is 1. The summed E-state index contributed by atoms with van der Waals surface area (Å²) in [5, 5.41) is 0. The predicted octanol–water partition coefficient (Wildman–Crippen LogP) is 0.413. The third-order valence-corrected chi connectivity index (χ3v) is 5.75. The van der Waals surface area contributed by atoms with E-state index in [1.54, 1.807) is 0 Å². The molecule has 6 heteroatoms. The van der Waals surface area contributed by atoms with Gasteiger partial charge < -0.3 is 15.5 Å². The Balaban J connectivity index is 1.43. The molecule has 0 spiro atoms. The van der Waals surface area contributed by atoms with Crippen molar-refractivity contribution in [3.8, 4) is 0 Å². The molecule has 0 bridgehead atoms. The molecule has 23 heavy (non-hydrogen) atoms. The molecule has 6 nitrogen and oxygen atoms in total. The fraction of sp³-hybridized carbons (Fsp3) is 0.882. The Kier molecular flexibility index (Phi) is 4.92. The second-order valence-electron chi connectivity index (χ2n) is 7.52. The predicted molar refractivity (Wildman–Crippen MR) is 88.8 cm³/mol. The summed E-state index contributed by atoms with van der Waals surface area (Å²) in [6.45, 7) is 3.40. The zero-order chi connectivity index (χ0) is 16.4. The summed E-state index contributed by atoms with van der Waals surface area (Å²) >= 11 is 0. The molecule has 1 aliphatic heterocycles. The summed E-state index contributed by atoms with van der Waals surface area (Å²) < 4.78 is 0. The van der Waals surface area contributed by atoms with Gasteiger partial charge in [0.05, 0.1) is 12.1 Å². The highest BCUT2D eigenvalue weighted by Crippen LogP contribution is 2.34. The van der Waals surface area contributed by atoms with Crippen LogP contribution in [0.25, 0.3) is 0 Å². The normalized spacial score (nSPS) is 25.2. The molecule has 0 aromatic heterocycles. The molecule has 130 valence electrons. The number of hydrogen-bond donors (Lipinski definition) is 1. The van der Waals surface area contributed by atoms with E-state index in [1.807, 2.05) is 16.8 Å². The van der Waals surface area contributed by atoms with Crippen molar-refractivity contribution in [1.29, 1.82) is 0 Å². The average Bonchev–Trinajstić information content (AvgIpc) is 3.34. The van der Waals surface area contributed by atoms with Crippen molar-refractivity contribution in [3.05, 3.63) is 0 Å². The third kappa shape index (κ3) is 3.86. The summed E-state index contributed by atoms with van der Waals surface area (Å²) in [6, 6.07) is 0.422. The first-order chi connectivity index (χ1) is 11.0. The molecule has 2 amide bonds.